The average Bonchev–Trinajstić information content (AvgIpc) is 2.67. The zero-order chi connectivity index (χ0) is 18.6. The minimum absolute atomic E-state index is 0.179. The first kappa shape index (κ1) is 20.5. The number of aliphatic hydroxyl groups is 1. The summed E-state index contributed by atoms with van der Waals surface area (Å²) in [7, 11) is 1.64. The molecule has 2 rings (SSSR count). The molecule has 0 fully saturated rings. The van der Waals surface area contributed by atoms with E-state index >= 15 is 0 Å². The maximum atomic E-state index is 8.70. The second-order valence-electron chi connectivity index (χ2n) is 5.87. The molecule has 0 aliphatic carbocycles. The van der Waals surface area contributed by atoms with Crippen molar-refractivity contribution >= 4 is 11.6 Å². The SMILES string of the molecule is COc1cc(CNCCCNCCO)ccc1OCc1ccccc1Cl. The smallest absolute Gasteiger partial charge is 0.161 e. The van der Waals surface area contributed by atoms with Crippen LogP contribution < -0.4 is 20.1 Å². The van der Waals surface area contributed by atoms with E-state index in [9.17, 15) is 0 Å². The van der Waals surface area contributed by atoms with E-state index in [1.54, 1.807) is 7.11 Å². The highest BCUT2D eigenvalue weighted by molar-refractivity contribution is 6.31. The van der Waals surface area contributed by atoms with Crippen LogP contribution in [0.4, 0.5) is 0 Å². The fraction of sp³-hybridized carbons (Fsp3) is 0.400. The summed E-state index contributed by atoms with van der Waals surface area (Å²) in [4.78, 5) is 0. The molecule has 0 amide bonds. The van der Waals surface area contributed by atoms with Gasteiger partial charge in [-0.25, -0.2) is 0 Å². The molecule has 3 N–H and O–H groups in total. The number of ether oxygens (including phenoxy) is 2. The number of rotatable bonds is 12. The first-order valence-electron chi connectivity index (χ1n) is 8.80. The van der Waals surface area contributed by atoms with Crippen LogP contribution in [0.1, 0.15) is 17.5 Å². The Balaban J connectivity index is 1.82. The normalized spacial score (nSPS) is 10.7. The lowest BCUT2D eigenvalue weighted by atomic mass is 10.2. The van der Waals surface area contributed by atoms with Gasteiger partial charge in [0.1, 0.15) is 6.61 Å². The zero-order valence-electron chi connectivity index (χ0n) is 15.1. The van der Waals surface area contributed by atoms with Crippen molar-refractivity contribution in [2.45, 2.75) is 19.6 Å². The molecule has 0 atom stereocenters. The number of aliphatic hydroxyl groups excluding tert-OH is 1. The summed E-state index contributed by atoms with van der Waals surface area (Å²) in [6.07, 6.45) is 1.01. The highest BCUT2D eigenvalue weighted by atomic mass is 35.5. The molecule has 0 spiro atoms. The number of hydrogen-bond donors (Lipinski definition) is 3. The molecule has 0 radical (unpaired) electrons. The predicted molar refractivity (Wildman–Crippen MR) is 105 cm³/mol. The van der Waals surface area contributed by atoms with Gasteiger partial charge in [0.2, 0.25) is 0 Å². The number of methoxy groups -OCH3 is 1. The quantitative estimate of drug-likeness (QED) is 0.495. The number of benzene rings is 2. The summed E-state index contributed by atoms with van der Waals surface area (Å²) in [5.74, 6) is 1.41. The van der Waals surface area contributed by atoms with Crippen LogP contribution in [0.25, 0.3) is 0 Å². The summed E-state index contributed by atoms with van der Waals surface area (Å²) in [6.45, 7) is 3.79. The Morgan fingerprint density at radius 1 is 1.00 bits per heavy atom. The molecule has 0 aliphatic heterocycles. The van der Waals surface area contributed by atoms with Gasteiger partial charge in [0, 0.05) is 23.7 Å². The summed E-state index contributed by atoms with van der Waals surface area (Å²) in [5, 5.41) is 15.9. The Labute approximate surface area is 160 Å². The lowest BCUT2D eigenvalue weighted by molar-refractivity contribution is 0.284. The van der Waals surface area contributed by atoms with Crippen LogP contribution in [-0.4, -0.2) is 38.5 Å². The highest BCUT2D eigenvalue weighted by Crippen LogP contribution is 2.29. The lowest BCUT2D eigenvalue weighted by Crippen LogP contribution is -2.23. The Morgan fingerprint density at radius 2 is 1.81 bits per heavy atom. The number of nitrogens with one attached hydrogen (secondary N) is 2. The van der Waals surface area contributed by atoms with E-state index in [1.807, 2.05) is 42.5 Å². The molecule has 0 aromatic heterocycles. The van der Waals surface area contributed by atoms with Crippen LogP contribution in [0.2, 0.25) is 5.02 Å². The Morgan fingerprint density at radius 3 is 2.58 bits per heavy atom. The van der Waals surface area contributed by atoms with E-state index < -0.39 is 0 Å². The minimum Gasteiger partial charge on any atom is -0.493 e. The van der Waals surface area contributed by atoms with Crippen molar-refractivity contribution in [1.82, 2.24) is 10.6 Å². The van der Waals surface area contributed by atoms with Crippen molar-refractivity contribution in [3.8, 4) is 11.5 Å². The van der Waals surface area contributed by atoms with E-state index in [4.69, 9.17) is 26.2 Å². The van der Waals surface area contributed by atoms with E-state index in [0.29, 0.717) is 29.7 Å². The van der Waals surface area contributed by atoms with Crippen molar-refractivity contribution < 1.29 is 14.6 Å². The van der Waals surface area contributed by atoms with Gasteiger partial charge in [-0.15, -0.1) is 0 Å². The van der Waals surface area contributed by atoms with Gasteiger partial charge < -0.3 is 25.2 Å². The maximum absolute atomic E-state index is 8.70. The van der Waals surface area contributed by atoms with Crippen molar-refractivity contribution in [2.75, 3.05) is 33.4 Å². The monoisotopic (exact) mass is 378 g/mol. The zero-order valence-corrected chi connectivity index (χ0v) is 15.9. The predicted octanol–water partition coefficient (Wildman–Crippen LogP) is 2.99. The van der Waals surface area contributed by atoms with Crippen LogP contribution in [0, 0.1) is 0 Å². The van der Waals surface area contributed by atoms with Crippen molar-refractivity contribution in [1.29, 1.82) is 0 Å². The summed E-state index contributed by atoms with van der Waals surface area (Å²) < 4.78 is 11.3. The average molecular weight is 379 g/mol. The third-order valence-electron chi connectivity index (χ3n) is 3.89. The molecule has 0 heterocycles. The fourth-order valence-electron chi connectivity index (χ4n) is 2.49. The first-order valence-corrected chi connectivity index (χ1v) is 9.18. The molecule has 142 valence electrons. The van der Waals surface area contributed by atoms with Crippen LogP contribution in [-0.2, 0) is 13.2 Å². The van der Waals surface area contributed by atoms with Gasteiger partial charge in [0.15, 0.2) is 11.5 Å². The lowest BCUT2D eigenvalue weighted by Gasteiger charge is -2.13. The van der Waals surface area contributed by atoms with Crippen molar-refractivity contribution in [3.63, 3.8) is 0 Å². The second-order valence-corrected chi connectivity index (χ2v) is 6.28. The van der Waals surface area contributed by atoms with Gasteiger partial charge >= 0.3 is 0 Å². The minimum atomic E-state index is 0.179. The van der Waals surface area contributed by atoms with E-state index in [0.717, 1.165) is 37.2 Å². The third kappa shape index (κ3) is 6.84. The molecule has 2 aromatic carbocycles. The molecule has 0 bridgehead atoms. The fourth-order valence-corrected chi connectivity index (χ4v) is 2.68. The Hall–Kier alpha value is -1.79. The second kappa shape index (κ2) is 11.8. The standard InChI is InChI=1S/C20H27ClN2O3/c1-25-20-13-16(14-23-10-4-9-22-11-12-24)7-8-19(20)26-15-17-5-2-3-6-18(17)21/h2-3,5-8,13,22-24H,4,9-12,14-15H2,1H3. The van der Waals surface area contributed by atoms with Crippen molar-refractivity contribution in [2.24, 2.45) is 0 Å². The molecule has 6 heteroatoms. The van der Waals surface area contributed by atoms with Gasteiger partial charge in [0.05, 0.1) is 13.7 Å². The molecule has 0 saturated carbocycles. The summed E-state index contributed by atoms with van der Waals surface area (Å²) in [6, 6.07) is 13.6. The van der Waals surface area contributed by atoms with Gasteiger partial charge in [-0.2, -0.15) is 0 Å². The molecule has 5 nitrogen and oxygen atoms in total. The topological polar surface area (TPSA) is 62.8 Å². The molecular formula is C20H27ClN2O3. The van der Waals surface area contributed by atoms with E-state index in [2.05, 4.69) is 10.6 Å². The van der Waals surface area contributed by atoms with Crippen LogP contribution in [0.3, 0.4) is 0 Å². The van der Waals surface area contributed by atoms with E-state index in [1.165, 1.54) is 0 Å². The third-order valence-corrected chi connectivity index (χ3v) is 4.26. The molecule has 2 aromatic rings. The van der Waals surface area contributed by atoms with Gasteiger partial charge in [-0.3, -0.25) is 0 Å². The molecule has 0 saturated heterocycles. The Bertz CT molecular complexity index is 667. The largest absolute Gasteiger partial charge is 0.493 e. The Kier molecular flexibility index (Phi) is 9.28. The molecule has 26 heavy (non-hydrogen) atoms. The van der Waals surface area contributed by atoms with Gasteiger partial charge in [-0.05, 0) is 43.3 Å². The van der Waals surface area contributed by atoms with Gasteiger partial charge in [-0.1, -0.05) is 35.9 Å². The highest BCUT2D eigenvalue weighted by Gasteiger charge is 2.07. The summed E-state index contributed by atoms with van der Waals surface area (Å²) in [5.41, 5.74) is 2.08. The number of halogens is 1. The van der Waals surface area contributed by atoms with E-state index in [-0.39, 0.29) is 6.61 Å². The van der Waals surface area contributed by atoms with Gasteiger partial charge in [0.25, 0.3) is 0 Å². The number of hydrogen-bond acceptors (Lipinski definition) is 5. The molecule has 0 unspecified atom stereocenters. The van der Waals surface area contributed by atoms with Crippen LogP contribution in [0.5, 0.6) is 11.5 Å². The van der Waals surface area contributed by atoms with Crippen LogP contribution >= 0.6 is 11.6 Å². The van der Waals surface area contributed by atoms with Crippen molar-refractivity contribution in [3.05, 3.63) is 58.6 Å². The first-order chi connectivity index (χ1) is 12.7. The molecule has 0 aliphatic rings. The maximum Gasteiger partial charge on any atom is 0.161 e. The molecular weight excluding hydrogens is 352 g/mol. The summed E-state index contributed by atoms with van der Waals surface area (Å²) >= 11 is 6.16. The van der Waals surface area contributed by atoms with Crippen LogP contribution in [0.15, 0.2) is 42.5 Å².